The van der Waals surface area contributed by atoms with Crippen LogP contribution in [0.2, 0.25) is 0 Å². The maximum atomic E-state index is 5.41. The van der Waals surface area contributed by atoms with Gasteiger partial charge in [0.25, 0.3) is 0 Å². The second kappa shape index (κ2) is 6.15. The fourth-order valence-electron chi connectivity index (χ4n) is 2.41. The van der Waals surface area contributed by atoms with Crippen LogP contribution in [0, 0.1) is 18.6 Å². The second-order valence-electron chi connectivity index (χ2n) is 5.22. The fourth-order valence-corrected chi connectivity index (χ4v) is 2.66. The van der Waals surface area contributed by atoms with Crippen LogP contribution < -0.4 is 5.32 Å². The largest absolute Gasteiger partial charge is 0.378 e. The van der Waals surface area contributed by atoms with Crippen LogP contribution in [0.15, 0.2) is 48.5 Å². The number of nitrogens with one attached hydrogen (secondary N) is 2. The number of benzene rings is 2. The molecule has 3 rings (SSSR count). The lowest BCUT2D eigenvalue weighted by molar-refractivity contribution is 0.881. The average Bonchev–Trinajstić information content (AvgIpc) is 2.90. The topological polar surface area (TPSA) is 45.6 Å². The number of aromatic amines is 1. The zero-order valence-electron chi connectivity index (χ0n) is 12.6. The molecule has 0 radical (unpaired) electrons. The summed E-state index contributed by atoms with van der Waals surface area (Å²) in [5, 5.41) is 10.6. The molecule has 5 heteroatoms. The molecule has 0 fully saturated rings. The molecule has 1 heterocycles. The second-order valence-corrected chi connectivity index (χ2v) is 5.61. The van der Waals surface area contributed by atoms with Gasteiger partial charge in [-0.1, -0.05) is 30.3 Å². The lowest BCUT2D eigenvalue weighted by atomic mass is 10.1. The molecule has 22 heavy (non-hydrogen) atoms. The monoisotopic (exact) mass is 310 g/mol. The van der Waals surface area contributed by atoms with Crippen LogP contribution in [-0.2, 0) is 6.54 Å². The number of H-pyrrole nitrogens is 1. The summed E-state index contributed by atoms with van der Waals surface area (Å²) in [5.41, 5.74) is 4.58. The smallest absolute Gasteiger partial charge is 0.199 e. The average molecular weight is 310 g/mol. The van der Waals surface area contributed by atoms with Gasteiger partial charge in [-0.25, -0.2) is 0 Å². The van der Waals surface area contributed by atoms with Crippen LogP contribution >= 0.6 is 12.2 Å². The van der Waals surface area contributed by atoms with Crippen molar-refractivity contribution in [1.82, 2.24) is 14.8 Å². The number of nitrogens with zero attached hydrogens (tertiary/aromatic N) is 2. The third kappa shape index (κ3) is 2.80. The highest BCUT2D eigenvalue weighted by molar-refractivity contribution is 7.71. The Hall–Kier alpha value is -2.40. The van der Waals surface area contributed by atoms with Crippen LogP contribution in [0.3, 0.4) is 0 Å². The SMILES string of the molecule is Cc1cccc(-n2c(CNc3ccccc3)n[nH]c2=S)c1C. The first-order chi connectivity index (χ1) is 10.7. The van der Waals surface area contributed by atoms with E-state index in [9.17, 15) is 0 Å². The summed E-state index contributed by atoms with van der Waals surface area (Å²) in [6.45, 7) is 4.81. The molecule has 0 aliphatic carbocycles. The molecule has 0 spiro atoms. The van der Waals surface area contributed by atoms with Crippen molar-refractivity contribution in [2.45, 2.75) is 20.4 Å². The molecular weight excluding hydrogens is 292 g/mol. The lowest BCUT2D eigenvalue weighted by Gasteiger charge is -2.12. The van der Waals surface area contributed by atoms with Gasteiger partial charge in [0.15, 0.2) is 10.6 Å². The third-order valence-corrected chi connectivity index (χ3v) is 4.06. The molecule has 0 saturated carbocycles. The first-order valence-electron chi connectivity index (χ1n) is 7.18. The van der Waals surface area contributed by atoms with Gasteiger partial charge >= 0.3 is 0 Å². The summed E-state index contributed by atoms with van der Waals surface area (Å²) in [4.78, 5) is 0. The fraction of sp³-hybridized carbons (Fsp3) is 0.176. The minimum absolute atomic E-state index is 0.602. The maximum absolute atomic E-state index is 5.41. The predicted octanol–water partition coefficient (Wildman–Crippen LogP) is 4.16. The molecule has 4 nitrogen and oxygen atoms in total. The van der Waals surface area contributed by atoms with Gasteiger partial charge in [-0.2, -0.15) is 5.10 Å². The molecule has 0 aliphatic heterocycles. The van der Waals surface area contributed by atoms with E-state index < -0.39 is 0 Å². The van der Waals surface area contributed by atoms with Crippen molar-refractivity contribution >= 4 is 17.9 Å². The van der Waals surface area contributed by atoms with Crippen molar-refractivity contribution in [3.63, 3.8) is 0 Å². The van der Waals surface area contributed by atoms with Gasteiger partial charge in [0.2, 0.25) is 0 Å². The van der Waals surface area contributed by atoms with Crippen LogP contribution in [0.25, 0.3) is 5.69 Å². The normalized spacial score (nSPS) is 10.6. The molecule has 0 bridgehead atoms. The lowest BCUT2D eigenvalue weighted by Crippen LogP contribution is -2.09. The minimum Gasteiger partial charge on any atom is -0.378 e. The van der Waals surface area contributed by atoms with Gasteiger partial charge in [0.1, 0.15) is 0 Å². The van der Waals surface area contributed by atoms with Gasteiger partial charge in [-0.15, -0.1) is 0 Å². The highest BCUT2D eigenvalue weighted by Gasteiger charge is 2.11. The van der Waals surface area contributed by atoms with Crippen LogP contribution in [0.5, 0.6) is 0 Å². The molecule has 2 N–H and O–H groups in total. The first kappa shape index (κ1) is 14.5. The molecule has 0 aliphatic rings. The maximum Gasteiger partial charge on any atom is 0.199 e. The molecular formula is C17H18N4S. The Morgan fingerprint density at radius 1 is 1.09 bits per heavy atom. The molecule has 1 aromatic heterocycles. The van der Waals surface area contributed by atoms with Crippen LogP contribution in [0.1, 0.15) is 17.0 Å². The standard InChI is InChI=1S/C17H18N4S/c1-12-7-6-10-15(13(12)2)21-16(19-20-17(21)22)11-18-14-8-4-3-5-9-14/h3-10,18H,11H2,1-2H3,(H,20,22). The Morgan fingerprint density at radius 3 is 2.64 bits per heavy atom. The van der Waals surface area contributed by atoms with Gasteiger partial charge in [0.05, 0.1) is 12.2 Å². The van der Waals surface area contributed by atoms with E-state index in [0.717, 1.165) is 17.2 Å². The highest BCUT2D eigenvalue weighted by atomic mass is 32.1. The molecule has 112 valence electrons. The van der Waals surface area contributed by atoms with Crippen molar-refractivity contribution in [3.8, 4) is 5.69 Å². The molecule has 0 atom stereocenters. The Balaban J connectivity index is 1.94. The molecule has 0 amide bonds. The zero-order valence-corrected chi connectivity index (χ0v) is 13.4. The molecule has 2 aromatic carbocycles. The van der Waals surface area contributed by atoms with E-state index in [1.165, 1.54) is 11.1 Å². The van der Waals surface area contributed by atoms with Crippen LogP contribution in [-0.4, -0.2) is 14.8 Å². The molecule has 3 aromatic rings. The highest BCUT2D eigenvalue weighted by Crippen LogP contribution is 2.19. The van der Waals surface area contributed by atoms with E-state index in [1.807, 2.05) is 41.0 Å². The number of hydrogen-bond acceptors (Lipinski definition) is 3. The number of hydrogen-bond donors (Lipinski definition) is 2. The van der Waals surface area contributed by atoms with Gasteiger partial charge < -0.3 is 5.32 Å². The van der Waals surface area contributed by atoms with Gasteiger partial charge in [-0.3, -0.25) is 9.67 Å². The van der Waals surface area contributed by atoms with Crippen molar-refractivity contribution in [3.05, 3.63) is 70.3 Å². The third-order valence-electron chi connectivity index (χ3n) is 3.78. The minimum atomic E-state index is 0.602. The quantitative estimate of drug-likeness (QED) is 0.711. The van der Waals surface area contributed by atoms with E-state index in [-0.39, 0.29) is 0 Å². The number of aryl methyl sites for hydroxylation is 1. The predicted molar refractivity (Wildman–Crippen MR) is 92.0 cm³/mol. The summed E-state index contributed by atoms with van der Waals surface area (Å²) in [6, 6.07) is 16.3. The van der Waals surface area contributed by atoms with Gasteiger partial charge in [0, 0.05) is 5.69 Å². The summed E-state index contributed by atoms with van der Waals surface area (Å²) in [7, 11) is 0. The zero-order chi connectivity index (χ0) is 15.5. The molecule has 0 unspecified atom stereocenters. The van der Waals surface area contributed by atoms with Gasteiger partial charge in [-0.05, 0) is 55.4 Å². The number of aromatic nitrogens is 3. The van der Waals surface area contributed by atoms with E-state index in [1.54, 1.807) is 0 Å². The summed E-state index contributed by atoms with van der Waals surface area (Å²) < 4.78 is 2.60. The Labute approximate surface area is 134 Å². The number of para-hydroxylation sites is 1. The summed E-state index contributed by atoms with van der Waals surface area (Å²) in [6.07, 6.45) is 0. The van der Waals surface area contributed by atoms with E-state index >= 15 is 0 Å². The Bertz CT molecular complexity index is 833. The van der Waals surface area contributed by atoms with E-state index in [4.69, 9.17) is 12.2 Å². The van der Waals surface area contributed by atoms with Crippen molar-refractivity contribution in [2.24, 2.45) is 0 Å². The summed E-state index contributed by atoms with van der Waals surface area (Å²) >= 11 is 5.41. The van der Waals surface area contributed by atoms with Crippen molar-refractivity contribution < 1.29 is 0 Å². The Morgan fingerprint density at radius 2 is 1.86 bits per heavy atom. The molecule has 0 saturated heterocycles. The van der Waals surface area contributed by atoms with Crippen molar-refractivity contribution in [1.29, 1.82) is 0 Å². The van der Waals surface area contributed by atoms with Crippen molar-refractivity contribution in [2.75, 3.05) is 5.32 Å². The first-order valence-corrected chi connectivity index (χ1v) is 7.59. The van der Waals surface area contributed by atoms with Crippen LogP contribution in [0.4, 0.5) is 5.69 Å². The van der Waals surface area contributed by atoms with E-state index in [2.05, 4.69) is 41.5 Å². The Kier molecular flexibility index (Phi) is 4.06. The number of anilines is 1. The number of rotatable bonds is 4. The van der Waals surface area contributed by atoms with E-state index in [0.29, 0.717) is 11.3 Å². The summed E-state index contributed by atoms with van der Waals surface area (Å²) in [5.74, 6) is 0.863.